The van der Waals surface area contributed by atoms with Crippen LogP contribution >= 0.6 is 23.2 Å². The molecule has 0 aromatic heterocycles. The van der Waals surface area contributed by atoms with Crippen molar-refractivity contribution in [3.05, 3.63) is 57.3 Å². The lowest BCUT2D eigenvalue weighted by molar-refractivity contribution is 0.469. The van der Waals surface area contributed by atoms with Gasteiger partial charge >= 0.3 is 0 Å². The van der Waals surface area contributed by atoms with E-state index in [1.54, 1.807) is 12.1 Å². The highest BCUT2D eigenvalue weighted by molar-refractivity contribution is 6.35. The number of nitrogens with one attached hydrogen (secondary N) is 1. The van der Waals surface area contributed by atoms with Gasteiger partial charge < -0.3 is 10.4 Å². The molecule has 0 heterocycles. The molecule has 0 aliphatic rings. The minimum absolute atomic E-state index is 0.0207. The Balaban J connectivity index is 2.21. The van der Waals surface area contributed by atoms with Crippen LogP contribution in [0.15, 0.2) is 30.3 Å². The lowest BCUT2D eigenvalue weighted by Gasteiger charge is -2.12. The van der Waals surface area contributed by atoms with E-state index in [2.05, 4.69) is 5.32 Å². The molecule has 2 N–H and O–H groups in total. The van der Waals surface area contributed by atoms with Crippen LogP contribution in [0.1, 0.15) is 11.1 Å². The van der Waals surface area contributed by atoms with Gasteiger partial charge in [0, 0.05) is 22.8 Å². The Morgan fingerprint density at radius 1 is 1.21 bits per heavy atom. The van der Waals surface area contributed by atoms with E-state index in [4.69, 9.17) is 23.2 Å². The van der Waals surface area contributed by atoms with Gasteiger partial charge in [-0.1, -0.05) is 29.3 Å². The smallest absolute Gasteiger partial charge is 0.139 e. The Kier molecular flexibility index (Phi) is 4.17. The van der Waals surface area contributed by atoms with E-state index in [1.807, 2.05) is 6.92 Å². The molecule has 2 rings (SSSR count). The molecule has 0 atom stereocenters. The summed E-state index contributed by atoms with van der Waals surface area (Å²) in [5.74, 6) is -0.339. The number of rotatable bonds is 3. The first kappa shape index (κ1) is 14.0. The van der Waals surface area contributed by atoms with E-state index in [1.165, 1.54) is 18.2 Å². The molecular weight excluding hydrogens is 288 g/mol. The maximum Gasteiger partial charge on any atom is 0.139 e. The SMILES string of the molecule is Cc1ccc(F)cc1NCc1cc(Cl)cc(Cl)c1O. The first-order valence-corrected chi connectivity index (χ1v) is 6.40. The van der Waals surface area contributed by atoms with Crippen LogP contribution in [-0.4, -0.2) is 5.11 Å². The van der Waals surface area contributed by atoms with Gasteiger partial charge in [-0.25, -0.2) is 4.39 Å². The zero-order valence-electron chi connectivity index (χ0n) is 10.2. The predicted octanol–water partition coefficient (Wildman–Crippen LogP) is 4.76. The van der Waals surface area contributed by atoms with E-state index in [-0.39, 0.29) is 16.6 Å². The molecule has 19 heavy (non-hydrogen) atoms. The molecule has 0 bridgehead atoms. The maximum absolute atomic E-state index is 13.1. The fraction of sp³-hybridized carbons (Fsp3) is 0.143. The molecule has 5 heteroatoms. The molecule has 2 aromatic rings. The van der Waals surface area contributed by atoms with Crippen LogP contribution in [0.25, 0.3) is 0 Å². The fourth-order valence-electron chi connectivity index (χ4n) is 1.73. The summed E-state index contributed by atoms with van der Waals surface area (Å²) in [5, 5.41) is 13.5. The van der Waals surface area contributed by atoms with E-state index in [0.717, 1.165) is 5.56 Å². The summed E-state index contributed by atoms with van der Waals surface area (Å²) >= 11 is 11.7. The lowest BCUT2D eigenvalue weighted by atomic mass is 10.1. The highest BCUT2D eigenvalue weighted by Gasteiger charge is 2.08. The first-order valence-electron chi connectivity index (χ1n) is 5.64. The number of anilines is 1. The number of hydrogen-bond acceptors (Lipinski definition) is 2. The molecule has 0 aliphatic carbocycles. The molecular formula is C14H12Cl2FNO. The zero-order chi connectivity index (χ0) is 14.0. The molecule has 0 aliphatic heterocycles. The second-order valence-electron chi connectivity index (χ2n) is 4.21. The van der Waals surface area contributed by atoms with Gasteiger partial charge in [-0.3, -0.25) is 0 Å². The molecule has 0 saturated carbocycles. The van der Waals surface area contributed by atoms with Gasteiger partial charge in [0.25, 0.3) is 0 Å². The third-order valence-corrected chi connectivity index (χ3v) is 3.28. The summed E-state index contributed by atoms with van der Waals surface area (Å²) in [4.78, 5) is 0. The van der Waals surface area contributed by atoms with Crippen molar-refractivity contribution in [1.29, 1.82) is 0 Å². The highest BCUT2D eigenvalue weighted by Crippen LogP contribution is 2.31. The van der Waals surface area contributed by atoms with Crippen LogP contribution in [0.2, 0.25) is 10.0 Å². The van der Waals surface area contributed by atoms with Gasteiger partial charge in [-0.05, 0) is 36.8 Å². The Labute approximate surface area is 120 Å². The molecule has 2 aromatic carbocycles. The fourth-order valence-corrected chi connectivity index (χ4v) is 2.26. The van der Waals surface area contributed by atoms with Crippen molar-refractivity contribution in [3.8, 4) is 5.75 Å². The van der Waals surface area contributed by atoms with Crippen LogP contribution in [0.4, 0.5) is 10.1 Å². The van der Waals surface area contributed by atoms with Crippen molar-refractivity contribution in [2.75, 3.05) is 5.32 Å². The Bertz CT molecular complexity index is 617. The molecule has 0 fully saturated rings. The second-order valence-corrected chi connectivity index (χ2v) is 5.05. The quantitative estimate of drug-likeness (QED) is 0.856. The third kappa shape index (κ3) is 3.31. The Hall–Kier alpha value is -1.45. The lowest BCUT2D eigenvalue weighted by Crippen LogP contribution is -2.02. The predicted molar refractivity (Wildman–Crippen MR) is 76.6 cm³/mol. The number of benzene rings is 2. The summed E-state index contributed by atoms with van der Waals surface area (Å²) in [6.45, 7) is 2.17. The molecule has 100 valence electrons. The normalized spacial score (nSPS) is 10.5. The summed E-state index contributed by atoms with van der Waals surface area (Å²) in [6.07, 6.45) is 0. The number of halogens is 3. The molecule has 0 spiro atoms. The summed E-state index contributed by atoms with van der Waals surface area (Å²) in [5.41, 5.74) is 2.13. The van der Waals surface area contributed by atoms with E-state index in [0.29, 0.717) is 22.8 Å². The van der Waals surface area contributed by atoms with Crippen molar-refractivity contribution in [1.82, 2.24) is 0 Å². The summed E-state index contributed by atoms with van der Waals surface area (Å²) in [7, 11) is 0. The standard InChI is InChI=1S/C14H12Cl2FNO/c1-8-2-3-11(17)6-13(8)18-7-9-4-10(15)5-12(16)14(9)19/h2-6,18-19H,7H2,1H3. The number of phenols is 1. The van der Waals surface area contributed by atoms with Gasteiger partial charge in [-0.2, -0.15) is 0 Å². The monoisotopic (exact) mass is 299 g/mol. The zero-order valence-corrected chi connectivity index (χ0v) is 11.7. The minimum Gasteiger partial charge on any atom is -0.506 e. The third-order valence-electron chi connectivity index (χ3n) is 2.78. The largest absolute Gasteiger partial charge is 0.506 e. The molecule has 0 unspecified atom stereocenters. The topological polar surface area (TPSA) is 32.3 Å². The van der Waals surface area contributed by atoms with Crippen LogP contribution in [0.3, 0.4) is 0 Å². The molecule has 2 nitrogen and oxygen atoms in total. The Morgan fingerprint density at radius 3 is 2.68 bits per heavy atom. The van der Waals surface area contributed by atoms with Crippen LogP contribution < -0.4 is 5.32 Å². The van der Waals surface area contributed by atoms with Gasteiger partial charge in [0.1, 0.15) is 11.6 Å². The second kappa shape index (κ2) is 5.68. The first-order chi connectivity index (χ1) is 8.97. The van der Waals surface area contributed by atoms with Crippen LogP contribution in [-0.2, 0) is 6.54 Å². The van der Waals surface area contributed by atoms with E-state index in [9.17, 15) is 9.50 Å². The maximum atomic E-state index is 13.1. The Morgan fingerprint density at radius 2 is 1.95 bits per heavy atom. The number of aryl methyl sites for hydroxylation is 1. The molecule has 0 saturated heterocycles. The van der Waals surface area contributed by atoms with Gasteiger partial charge in [0.05, 0.1) is 5.02 Å². The van der Waals surface area contributed by atoms with Crippen molar-refractivity contribution >= 4 is 28.9 Å². The van der Waals surface area contributed by atoms with Crippen LogP contribution in [0.5, 0.6) is 5.75 Å². The average Bonchev–Trinajstić information content (AvgIpc) is 2.35. The highest BCUT2D eigenvalue weighted by atomic mass is 35.5. The number of phenolic OH excluding ortho intramolecular Hbond substituents is 1. The van der Waals surface area contributed by atoms with Crippen molar-refractivity contribution in [2.24, 2.45) is 0 Å². The number of aromatic hydroxyl groups is 1. The molecule has 0 amide bonds. The molecule has 0 radical (unpaired) electrons. The summed E-state index contributed by atoms with van der Waals surface area (Å²) < 4.78 is 13.1. The van der Waals surface area contributed by atoms with Crippen molar-refractivity contribution in [3.63, 3.8) is 0 Å². The van der Waals surface area contributed by atoms with Gasteiger partial charge in [-0.15, -0.1) is 0 Å². The van der Waals surface area contributed by atoms with Gasteiger partial charge in [0.15, 0.2) is 0 Å². The van der Waals surface area contributed by atoms with Crippen molar-refractivity contribution in [2.45, 2.75) is 13.5 Å². The van der Waals surface area contributed by atoms with Crippen LogP contribution in [0, 0.1) is 12.7 Å². The minimum atomic E-state index is -0.318. The van der Waals surface area contributed by atoms with Crippen molar-refractivity contribution < 1.29 is 9.50 Å². The summed E-state index contributed by atoms with van der Waals surface area (Å²) in [6, 6.07) is 7.56. The van der Waals surface area contributed by atoms with E-state index >= 15 is 0 Å². The number of hydrogen-bond donors (Lipinski definition) is 2. The van der Waals surface area contributed by atoms with E-state index < -0.39 is 0 Å². The average molecular weight is 300 g/mol. The van der Waals surface area contributed by atoms with Gasteiger partial charge in [0.2, 0.25) is 0 Å².